The summed E-state index contributed by atoms with van der Waals surface area (Å²) in [5, 5.41) is -0.412. The second-order valence-electron chi connectivity index (χ2n) is 4.03. The molecule has 0 saturated carbocycles. The van der Waals surface area contributed by atoms with E-state index in [1.54, 1.807) is 6.92 Å². The van der Waals surface area contributed by atoms with Crippen LogP contribution in [0.25, 0.3) is 0 Å². The molecule has 0 aliphatic carbocycles. The highest BCUT2D eigenvalue weighted by Gasteiger charge is 2.19. The van der Waals surface area contributed by atoms with Gasteiger partial charge in [-0.25, -0.2) is 13.2 Å². The van der Waals surface area contributed by atoms with Crippen LogP contribution >= 0.6 is 11.6 Å². The van der Waals surface area contributed by atoms with Gasteiger partial charge < -0.3 is 0 Å². The standard InChI is InChI=1S/C14H8ClF3O/c1-7-2-3-8(16)4-9(7)14(19)10-5-13(18)11(15)6-12(10)17/h2-6H,1H3. The lowest BCUT2D eigenvalue weighted by Gasteiger charge is -2.07. The molecule has 0 amide bonds. The molecule has 0 aromatic heterocycles. The summed E-state index contributed by atoms with van der Waals surface area (Å²) in [7, 11) is 0. The van der Waals surface area contributed by atoms with E-state index in [9.17, 15) is 18.0 Å². The van der Waals surface area contributed by atoms with Crippen molar-refractivity contribution in [3.8, 4) is 0 Å². The highest BCUT2D eigenvalue weighted by atomic mass is 35.5. The van der Waals surface area contributed by atoms with Crippen LogP contribution in [0.1, 0.15) is 21.5 Å². The first-order valence-corrected chi connectivity index (χ1v) is 5.73. The van der Waals surface area contributed by atoms with Gasteiger partial charge in [0.15, 0.2) is 5.78 Å². The first kappa shape index (κ1) is 13.6. The smallest absolute Gasteiger partial charge is 0.196 e. The van der Waals surface area contributed by atoms with E-state index in [1.807, 2.05) is 0 Å². The number of carbonyl (C=O) groups excluding carboxylic acids is 1. The Labute approximate surface area is 112 Å². The molecule has 5 heteroatoms. The normalized spacial score (nSPS) is 10.6. The molecule has 2 aromatic carbocycles. The molecule has 0 fully saturated rings. The average Bonchev–Trinajstić information content (AvgIpc) is 2.36. The molecular formula is C14H8ClF3O. The van der Waals surface area contributed by atoms with Gasteiger partial charge in [0, 0.05) is 5.56 Å². The molecule has 2 rings (SSSR count). The summed E-state index contributed by atoms with van der Waals surface area (Å²) in [5.74, 6) is -3.26. The quantitative estimate of drug-likeness (QED) is 0.594. The zero-order valence-electron chi connectivity index (χ0n) is 9.81. The number of carbonyl (C=O) groups is 1. The molecule has 0 aliphatic heterocycles. The van der Waals surface area contributed by atoms with Crippen LogP contribution in [0.4, 0.5) is 13.2 Å². The van der Waals surface area contributed by atoms with Gasteiger partial charge in [0.2, 0.25) is 0 Å². The SMILES string of the molecule is Cc1ccc(F)cc1C(=O)c1cc(F)c(Cl)cc1F. The number of ketones is 1. The van der Waals surface area contributed by atoms with Crippen LogP contribution in [0.5, 0.6) is 0 Å². The summed E-state index contributed by atoms with van der Waals surface area (Å²) in [6.07, 6.45) is 0. The van der Waals surface area contributed by atoms with E-state index in [0.29, 0.717) is 11.6 Å². The molecule has 0 N–H and O–H groups in total. The van der Waals surface area contributed by atoms with E-state index in [2.05, 4.69) is 0 Å². The number of hydrogen-bond acceptors (Lipinski definition) is 1. The summed E-state index contributed by atoms with van der Waals surface area (Å²) in [4.78, 5) is 12.1. The minimum Gasteiger partial charge on any atom is -0.288 e. The number of hydrogen-bond donors (Lipinski definition) is 0. The molecule has 0 bridgehead atoms. The zero-order valence-corrected chi connectivity index (χ0v) is 10.6. The predicted octanol–water partition coefficient (Wildman–Crippen LogP) is 4.30. The van der Waals surface area contributed by atoms with E-state index in [1.165, 1.54) is 12.1 Å². The zero-order chi connectivity index (χ0) is 14.2. The van der Waals surface area contributed by atoms with E-state index in [-0.39, 0.29) is 5.56 Å². The fourth-order valence-corrected chi connectivity index (χ4v) is 1.83. The van der Waals surface area contributed by atoms with Crippen molar-refractivity contribution in [2.75, 3.05) is 0 Å². The molecule has 0 radical (unpaired) electrons. The molecule has 0 heterocycles. The monoisotopic (exact) mass is 284 g/mol. The molecular weight excluding hydrogens is 277 g/mol. The highest BCUT2D eigenvalue weighted by molar-refractivity contribution is 6.30. The molecule has 2 aromatic rings. The van der Waals surface area contributed by atoms with Crippen molar-refractivity contribution in [1.29, 1.82) is 0 Å². The van der Waals surface area contributed by atoms with Crippen molar-refractivity contribution < 1.29 is 18.0 Å². The van der Waals surface area contributed by atoms with Gasteiger partial charge in [-0.15, -0.1) is 0 Å². The van der Waals surface area contributed by atoms with Crippen LogP contribution in [-0.4, -0.2) is 5.78 Å². The minimum atomic E-state index is -0.944. The van der Waals surface area contributed by atoms with Crippen LogP contribution in [0, 0.1) is 24.4 Å². The molecule has 0 atom stereocenters. The molecule has 0 saturated heterocycles. The molecule has 0 spiro atoms. The lowest BCUT2D eigenvalue weighted by atomic mass is 9.98. The predicted molar refractivity (Wildman–Crippen MR) is 65.9 cm³/mol. The average molecular weight is 285 g/mol. The van der Waals surface area contributed by atoms with Gasteiger partial charge in [-0.2, -0.15) is 0 Å². The third-order valence-corrected chi connectivity index (χ3v) is 2.99. The van der Waals surface area contributed by atoms with Crippen molar-refractivity contribution in [3.05, 3.63) is 69.5 Å². The maximum absolute atomic E-state index is 13.6. The summed E-state index contributed by atoms with van der Waals surface area (Å²) in [5.41, 5.74) is -0.0163. The lowest BCUT2D eigenvalue weighted by Crippen LogP contribution is -2.07. The van der Waals surface area contributed by atoms with Crippen molar-refractivity contribution in [1.82, 2.24) is 0 Å². The Morgan fingerprint density at radius 1 is 1.00 bits per heavy atom. The number of aryl methyl sites for hydroxylation is 1. The Morgan fingerprint density at radius 3 is 2.37 bits per heavy atom. The fraction of sp³-hybridized carbons (Fsp3) is 0.0714. The fourth-order valence-electron chi connectivity index (χ4n) is 1.68. The molecule has 0 aliphatic rings. The van der Waals surface area contributed by atoms with Gasteiger partial charge in [0.25, 0.3) is 0 Å². The molecule has 98 valence electrons. The van der Waals surface area contributed by atoms with E-state index in [0.717, 1.165) is 12.1 Å². The topological polar surface area (TPSA) is 17.1 Å². The maximum atomic E-state index is 13.6. The second-order valence-corrected chi connectivity index (χ2v) is 4.44. The summed E-state index contributed by atoms with van der Waals surface area (Å²) in [6.45, 7) is 1.58. The van der Waals surface area contributed by atoms with Crippen molar-refractivity contribution in [2.45, 2.75) is 6.92 Å². The number of benzene rings is 2. The van der Waals surface area contributed by atoms with Gasteiger partial charge in [-0.1, -0.05) is 17.7 Å². The van der Waals surface area contributed by atoms with Crippen molar-refractivity contribution in [2.24, 2.45) is 0 Å². The lowest BCUT2D eigenvalue weighted by molar-refractivity contribution is 0.103. The van der Waals surface area contributed by atoms with Crippen LogP contribution in [-0.2, 0) is 0 Å². The molecule has 1 nitrogen and oxygen atoms in total. The first-order valence-electron chi connectivity index (χ1n) is 5.35. The maximum Gasteiger partial charge on any atom is 0.196 e. The van der Waals surface area contributed by atoms with Crippen molar-refractivity contribution in [3.63, 3.8) is 0 Å². The second kappa shape index (κ2) is 5.05. The Morgan fingerprint density at radius 2 is 1.68 bits per heavy atom. The van der Waals surface area contributed by atoms with Crippen LogP contribution in [0.3, 0.4) is 0 Å². The van der Waals surface area contributed by atoms with Gasteiger partial charge in [0.1, 0.15) is 17.5 Å². The summed E-state index contributed by atoms with van der Waals surface area (Å²) < 4.78 is 40.0. The van der Waals surface area contributed by atoms with Gasteiger partial charge in [-0.05, 0) is 36.8 Å². The summed E-state index contributed by atoms with van der Waals surface area (Å²) >= 11 is 5.41. The Hall–Kier alpha value is -1.81. The number of halogens is 4. The Bertz CT molecular complexity index is 668. The third-order valence-electron chi connectivity index (χ3n) is 2.70. The molecule has 19 heavy (non-hydrogen) atoms. The molecule has 0 unspecified atom stereocenters. The van der Waals surface area contributed by atoms with Gasteiger partial charge in [-0.3, -0.25) is 4.79 Å². The van der Waals surface area contributed by atoms with E-state index < -0.39 is 33.8 Å². The van der Waals surface area contributed by atoms with Crippen LogP contribution in [0.15, 0.2) is 30.3 Å². The number of rotatable bonds is 2. The Kier molecular flexibility index (Phi) is 3.62. The van der Waals surface area contributed by atoms with Crippen LogP contribution < -0.4 is 0 Å². The summed E-state index contributed by atoms with van der Waals surface area (Å²) in [6, 6.07) is 5.00. The Balaban J connectivity index is 2.56. The van der Waals surface area contributed by atoms with Gasteiger partial charge >= 0.3 is 0 Å². The van der Waals surface area contributed by atoms with Crippen molar-refractivity contribution >= 4 is 17.4 Å². The largest absolute Gasteiger partial charge is 0.288 e. The highest BCUT2D eigenvalue weighted by Crippen LogP contribution is 2.23. The van der Waals surface area contributed by atoms with Crippen LogP contribution in [0.2, 0.25) is 5.02 Å². The van der Waals surface area contributed by atoms with E-state index in [4.69, 9.17) is 11.6 Å². The first-order chi connectivity index (χ1) is 8.90. The minimum absolute atomic E-state index is 0.0133. The van der Waals surface area contributed by atoms with Gasteiger partial charge in [0.05, 0.1) is 10.6 Å². The van der Waals surface area contributed by atoms with E-state index >= 15 is 0 Å². The third kappa shape index (κ3) is 2.63.